The first-order valence-corrected chi connectivity index (χ1v) is 8.47. The van der Waals surface area contributed by atoms with E-state index in [1.165, 1.54) is 50.6 Å². The average Bonchev–Trinajstić information content (AvgIpc) is 2.77. The topological polar surface area (TPSA) is 24.9 Å². The fraction of sp³-hybridized carbons (Fsp3) is 0.722. The van der Waals surface area contributed by atoms with Gasteiger partial charge in [-0.3, -0.25) is 4.98 Å². The molecule has 112 valence electrons. The van der Waals surface area contributed by atoms with Gasteiger partial charge in [0.2, 0.25) is 0 Å². The van der Waals surface area contributed by atoms with Crippen molar-refractivity contribution in [2.75, 3.05) is 6.54 Å². The summed E-state index contributed by atoms with van der Waals surface area (Å²) in [6.45, 7) is 5.72. The van der Waals surface area contributed by atoms with Crippen molar-refractivity contribution < 1.29 is 0 Å². The van der Waals surface area contributed by atoms with Gasteiger partial charge in [0, 0.05) is 23.9 Å². The van der Waals surface area contributed by atoms with Crippen molar-refractivity contribution in [2.24, 2.45) is 5.92 Å². The molecule has 0 aromatic carbocycles. The predicted molar refractivity (Wildman–Crippen MR) is 85.9 cm³/mol. The zero-order valence-corrected chi connectivity index (χ0v) is 13.1. The zero-order chi connectivity index (χ0) is 14.2. The maximum absolute atomic E-state index is 4.59. The maximum atomic E-state index is 4.59. The van der Waals surface area contributed by atoms with Crippen LogP contribution in [0.15, 0.2) is 24.4 Å². The van der Waals surface area contributed by atoms with Crippen molar-refractivity contribution in [3.8, 4) is 0 Å². The molecule has 1 aliphatic carbocycles. The van der Waals surface area contributed by atoms with Crippen LogP contribution in [0, 0.1) is 5.92 Å². The molecule has 0 saturated heterocycles. The smallest absolute Gasteiger partial charge is 0.0447 e. The second-order valence-corrected chi connectivity index (χ2v) is 6.27. The van der Waals surface area contributed by atoms with Crippen LogP contribution in [-0.4, -0.2) is 17.6 Å². The summed E-state index contributed by atoms with van der Waals surface area (Å²) in [7, 11) is 0. The summed E-state index contributed by atoms with van der Waals surface area (Å²) in [5, 5.41) is 3.83. The summed E-state index contributed by atoms with van der Waals surface area (Å²) in [6.07, 6.45) is 11.6. The van der Waals surface area contributed by atoms with Crippen LogP contribution >= 0.6 is 0 Å². The van der Waals surface area contributed by atoms with E-state index in [9.17, 15) is 0 Å². The van der Waals surface area contributed by atoms with E-state index in [2.05, 4.69) is 36.3 Å². The second-order valence-electron chi connectivity index (χ2n) is 6.27. The van der Waals surface area contributed by atoms with Gasteiger partial charge in [-0.15, -0.1) is 0 Å². The van der Waals surface area contributed by atoms with Crippen molar-refractivity contribution in [1.82, 2.24) is 10.3 Å². The number of hydrogen-bond acceptors (Lipinski definition) is 2. The molecular weight excluding hydrogens is 244 g/mol. The molecule has 1 aromatic heterocycles. The Morgan fingerprint density at radius 3 is 2.55 bits per heavy atom. The molecule has 1 aliphatic rings. The molecule has 2 heteroatoms. The zero-order valence-electron chi connectivity index (χ0n) is 13.1. The first kappa shape index (κ1) is 15.5. The van der Waals surface area contributed by atoms with Crippen LogP contribution in [0.25, 0.3) is 0 Å². The summed E-state index contributed by atoms with van der Waals surface area (Å²) in [6, 6.07) is 6.89. The lowest BCUT2D eigenvalue weighted by Gasteiger charge is -2.32. The van der Waals surface area contributed by atoms with E-state index in [0.29, 0.717) is 12.0 Å². The maximum Gasteiger partial charge on any atom is 0.0447 e. The third-order valence-corrected chi connectivity index (χ3v) is 4.73. The van der Waals surface area contributed by atoms with Crippen LogP contribution in [0.1, 0.15) is 70.4 Å². The summed E-state index contributed by atoms with van der Waals surface area (Å²) >= 11 is 0. The van der Waals surface area contributed by atoms with Gasteiger partial charge in [-0.05, 0) is 43.9 Å². The molecule has 1 N–H and O–H groups in total. The van der Waals surface area contributed by atoms with E-state index in [1.54, 1.807) is 0 Å². The van der Waals surface area contributed by atoms with Gasteiger partial charge >= 0.3 is 0 Å². The van der Waals surface area contributed by atoms with E-state index in [0.717, 1.165) is 12.5 Å². The van der Waals surface area contributed by atoms with E-state index in [-0.39, 0.29) is 0 Å². The van der Waals surface area contributed by atoms with Gasteiger partial charge in [0.05, 0.1) is 0 Å². The molecule has 1 fully saturated rings. The summed E-state index contributed by atoms with van der Waals surface area (Å²) in [4.78, 5) is 4.59. The third-order valence-electron chi connectivity index (χ3n) is 4.73. The Hall–Kier alpha value is -0.890. The Kier molecular flexibility index (Phi) is 6.52. The molecule has 2 unspecified atom stereocenters. The van der Waals surface area contributed by atoms with Crippen molar-refractivity contribution in [1.29, 1.82) is 0 Å². The highest BCUT2D eigenvalue weighted by atomic mass is 14.9. The molecule has 2 rings (SSSR count). The Balaban J connectivity index is 2.08. The lowest BCUT2D eigenvalue weighted by molar-refractivity contribution is 0.285. The first-order chi connectivity index (χ1) is 9.83. The van der Waals surface area contributed by atoms with Crippen molar-refractivity contribution in [3.05, 3.63) is 30.1 Å². The largest absolute Gasteiger partial charge is 0.313 e. The minimum Gasteiger partial charge on any atom is -0.313 e. The minimum atomic E-state index is 0.505. The van der Waals surface area contributed by atoms with Gasteiger partial charge in [0.15, 0.2) is 0 Å². The molecule has 2 nitrogen and oxygen atoms in total. The second kappa shape index (κ2) is 8.41. The first-order valence-electron chi connectivity index (χ1n) is 8.47. The van der Waals surface area contributed by atoms with Crippen LogP contribution in [0.3, 0.4) is 0 Å². The molecule has 0 aliphatic heterocycles. The Morgan fingerprint density at radius 1 is 1.20 bits per heavy atom. The lowest BCUT2D eigenvalue weighted by atomic mass is 9.82. The molecule has 0 radical (unpaired) electrons. The van der Waals surface area contributed by atoms with E-state index >= 15 is 0 Å². The van der Waals surface area contributed by atoms with Crippen molar-refractivity contribution in [3.63, 3.8) is 0 Å². The highest BCUT2D eigenvalue weighted by Crippen LogP contribution is 2.32. The van der Waals surface area contributed by atoms with Gasteiger partial charge in [0.1, 0.15) is 0 Å². The van der Waals surface area contributed by atoms with Gasteiger partial charge in [-0.1, -0.05) is 45.6 Å². The van der Waals surface area contributed by atoms with Crippen LogP contribution in [0.5, 0.6) is 0 Å². The fourth-order valence-corrected chi connectivity index (χ4v) is 3.56. The highest BCUT2D eigenvalue weighted by molar-refractivity contribution is 5.12. The SMILES string of the molecule is CCCNC(C1CCCCCC1)C(C)c1ccccn1. The molecule has 1 saturated carbocycles. The fourth-order valence-electron chi connectivity index (χ4n) is 3.56. The quantitative estimate of drug-likeness (QED) is 0.771. The van der Waals surface area contributed by atoms with Gasteiger partial charge in [-0.25, -0.2) is 0 Å². The number of rotatable bonds is 6. The van der Waals surface area contributed by atoms with Crippen LogP contribution in [0.4, 0.5) is 0 Å². The molecule has 1 heterocycles. The van der Waals surface area contributed by atoms with E-state index in [4.69, 9.17) is 0 Å². The number of nitrogens with one attached hydrogen (secondary N) is 1. The summed E-state index contributed by atoms with van der Waals surface area (Å²) in [5.74, 6) is 1.33. The predicted octanol–water partition coefficient (Wildman–Crippen LogP) is 4.52. The molecule has 0 spiro atoms. The van der Waals surface area contributed by atoms with E-state index in [1.807, 2.05) is 12.3 Å². The van der Waals surface area contributed by atoms with Crippen molar-refractivity contribution >= 4 is 0 Å². The van der Waals surface area contributed by atoms with Crippen LogP contribution in [-0.2, 0) is 0 Å². The van der Waals surface area contributed by atoms with Gasteiger partial charge < -0.3 is 5.32 Å². The molecule has 0 bridgehead atoms. The summed E-state index contributed by atoms with van der Waals surface area (Å²) in [5.41, 5.74) is 1.24. The van der Waals surface area contributed by atoms with Crippen LogP contribution in [0.2, 0.25) is 0 Å². The van der Waals surface area contributed by atoms with Gasteiger partial charge in [0.25, 0.3) is 0 Å². The summed E-state index contributed by atoms with van der Waals surface area (Å²) < 4.78 is 0. The number of nitrogens with zero attached hydrogens (tertiary/aromatic N) is 1. The average molecular weight is 274 g/mol. The number of hydrogen-bond donors (Lipinski definition) is 1. The van der Waals surface area contributed by atoms with E-state index < -0.39 is 0 Å². The normalized spacial score (nSPS) is 20.3. The number of aromatic nitrogens is 1. The molecular formula is C18H30N2. The number of pyridine rings is 1. The Morgan fingerprint density at radius 2 is 1.95 bits per heavy atom. The standard InChI is InChI=1S/C18H30N2/c1-3-13-20-18(16-10-6-4-5-7-11-16)15(2)17-12-8-9-14-19-17/h8-9,12,14-16,18,20H,3-7,10-11,13H2,1-2H3. The van der Waals surface area contributed by atoms with Gasteiger partial charge in [-0.2, -0.15) is 0 Å². The monoisotopic (exact) mass is 274 g/mol. The minimum absolute atomic E-state index is 0.505. The Bertz CT molecular complexity index is 355. The van der Waals surface area contributed by atoms with Crippen LogP contribution < -0.4 is 5.32 Å². The molecule has 2 atom stereocenters. The molecule has 20 heavy (non-hydrogen) atoms. The van der Waals surface area contributed by atoms with Crippen molar-refractivity contribution in [2.45, 2.75) is 70.8 Å². The lowest BCUT2D eigenvalue weighted by Crippen LogP contribution is -2.41. The highest BCUT2D eigenvalue weighted by Gasteiger charge is 2.28. The third kappa shape index (κ3) is 4.31. The molecule has 0 amide bonds. The Labute approximate surface area is 124 Å². The molecule has 1 aromatic rings.